The standard InChI is InChI=1S/C25H26Cl2N2O4S/c1-4-24(17-10-14-20(33-2)15-11-17)28-25(30)18-8-12-19(13-9-18)29(34(3,31)32)16-21-22(26)6-5-7-23(21)27/h5-15,24H,4,16H2,1-3H3,(H,28,30)/t24-/m1/s1. The summed E-state index contributed by atoms with van der Waals surface area (Å²) in [6.07, 6.45) is 1.82. The number of rotatable bonds is 9. The number of hydrogen-bond acceptors (Lipinski definition) is 4. The molecule has 0 bridgehead atoms. The summed E-state index contributed by atoms with van der Waals surface area (Å²) in [6, 6.07) is 18.7. The number of nitrogens with one attached hydrogen (secondary N) is 1. The van der Waals surface area contributed by atoms with Gasteiger partial charge in [0.05, 0.1) is 31.6 Å². The van der Waals surface area contributed by atoms with Crippen LogP contribution in [0.5, 0.6) is 5.75 Å². The lowest BCUT2D eigenvalue weighted by Crippen LogP contribution is -2.30. The van der Waals surface area contributed by atoms with E-state index < -0.39 is 10.0 Å². The number of nitrogens with zero attached hydrogens (tertiary/aromatic N) is 1. The number of anilines is 1. The van der Waals surface area contributed by atoms with Gasteiger partial charge in [-0.1, -0.05) is 48.3 Å². The predicted octanol–water partition coefficient (Wildman–Crippen LogP) is 5.85. The van der Waals surface area contributed by atoms with E-state index in [2.05, 4.69) is 5.32 Å². The molecular formula is C25H26Cl2N2O4S. The number of amides is 1. The van der Waals surface area contributed by atoms with E-state index in [0.717, 1.165) is 17.6 Å². The number of carbonyl (C=O) groups excluding carboxylic acids is 1. The monoisotopic (exact) mass is 520 g/mol. The Labute approximate surface area is 210 Å². The minimum atomic E-state index is -3.64. The van der Waals surface area contributed by atoms with Crippen molar-refractivity contribution in [3.05, 3.63) is 93.5 Å². The smallest absolute Gasteiger partial charge is 0.251 e. The van der Waals surface area contributed by atoms with Crippen LogP contribution in [0, 0.1) is 0 Å². The van der Waals surface area contributed by atoms with Gasteiger partial charge in [-0.2, -0.15) is 0 Å². The van der Waals surface area contributed by atoms with E-state index in [-0.39, 0.29) is 18.5 Å². The molecule has 0 saturated heterocycles. The molecule has 6 nitrogen and oxygen atoms in total. The third-order valence-corrected chi connectivity index (χ3v) is 7.26. The van der Waals surface area contributed by atoms with Crippen molar-refractivity contribution in [3.8, 4) is 5.75 Å². The Kier molecular flexibility index (Phi) is 8.47. The zero-order valence-electron chi connectivity index (χ0n) is 19.1. The summed E-state index contributed by atoms with van der Waals surface area (Å²) < 4.78 is 31.4. The molecule has 1 N–H and O–H groups in total. The first-order chi connectivity index (χ1) is 16.1. The number of carbonyl (C=O) groups is 1. The zero-order valence-corrected chi connectivity index (χ0v) is 21.4. The van der Waals surface area contributed by atoms with Crippen LogP contribution in [0.3, 0.4) is 0 Å². The van der Waals surface area contributed by atoms with E-state index in [9.17, 15) is 13.2 Å². The summed E-state index contributed by atoms with van der Waals surface area (Å²) in [4.78, 5) is 12.9. The maximum absolute atomic E-state index is 12.9. The Morgan fingerprint density at radius 2 is 1.59 bits per heavy atom. The molecule has 1 atom stereocenters. The Morgan fingerprint density at radius 3 is 2.09 bits per heavy atom. The minimum absolute atomic E-state index is 0.0295. The molecule has 3 rings (SSSR count). The molecule has 0 heterocycles. The van der Waals surface area contributed by atoms with E-state index in [1.54, 1.807) is 49.6 Å². The van der Waals surface area contributed by atoms with Crippen LogP contribution in [0.25, 0.3) is 0 Å². The zero-order chi connectivity index (χ0) is 24.9. The number of methoxy groups -OCH3 is 1. The molecule has 3 aromatic carbocycles. The molecule has 34 heavy (non-hydrogen) atoms. The van der Waals surface area contributed by atoms with Crippen molar-refractivity contribution in [3.63, 3.8) is 0 Å². The number of ether oxygens (including phenoxy) is 1. The van der Waals surface area contributed by atoms with Crippen LogP contribution < -0.4 is 14.4 Å². The highest BCUT2D eigenvalue weighted by Crippen LogP contribution is 2.29. The quantitative estimate of drug-likeness (QED) is 0.383. The molecule has 0 radical (unpaired) electrons. The fourth-order valence-electron chi connectivity index (χ4n) is 3.50. The molecular weight excluding hydrogens is 495 g/mol. The first-order valence-corrected chi connectivity index (χ1v) is 13.2. The second-order valence-corrected chi connectivity index (χ2v) is 10.4. The first-order valence-electron chi connectivity index (χ1n) is 10.6. The lowest BCUT2D eigenvalue weighted by atomic mass is 10.0. The fourth-order valence-corrected chi connectivity index (χ4v) is 4.89. The average molecular weight is 521 g/mol. The van der Waals surface area contributed by atoms with E-state index in [4.69, 9.17) is 27.9 Å². The van der Waals surface area contributed by atoms with Gasteiger partial charge in [0.15, 0.2) is 0 Å². The summed E-state index contributed by atoms with van der Waals surface area (Å²) >= 11 is 12.5. The maximum Gasteiger partial charge on any atom is 0.251 e. The normalized spacial score (nSPS) is 12.1. The van der Waals surface area contributed by atoms with Crippen molar-refractivity contribution < 1.29 is 17.9 Å². The third kappa shape index (κ3) is 6.23. The predicted molar refractivity (Wildman–Crippen MR) is 137 cm³/mol. The van der Waals surface area contributed by atoms with Gasteiger partial charge in [-0.15, -0.1) is 0 Å². The van der Waals surface area contributed by atoms with Crippen LogP contribution in [-0.4, -0.2) is 27.7 Å². The molecule has 0 fully saturated rings. The summed E-state index contributed by atoms with van der Waals surface area (Å²) in [6.45, 7) is 1.96. The molecule has 0 aliphatic carbocycles. The lowest BCUT2D eigenvalue weighted by molar-refractivity contribution is 0.0935. The van der Waals surface area contributed by atoms with Crippen LogP contribution in [0.2, 0.25) is 10.0 Å². The number of hydrogen-bond donors (Lipinski definition) is 1. The van der Waals surface area contributed by atoms with E-state index in [1.807, 2.05) is 31.2 Å². The van der Waals surface area contributed by atoms with Gasteiger partial charge in [-0.05, 0) is 60.5 Å². The topological polar surface area (TPSA) is 75.7 Å². The van der Waals surface area contributed by atoms with Crippen molar-refractivity contribution in [1.29, 1.82) is 0 Å². The summed E-state index contributed by atoms with van der Waals surface area (Å²) in [7, 11) is -2.04. The van der Waals surface area contributed by atoms with Gasteiger partial charge in [-0.3, -0.25) is 9.10 Å². The van der Waals surface area contributed by atoms with Gasteiger partial charge in [0.25, 0.3) is 5.91 Å². The molecule has 0 saturated carbocycles. The number of sulfonamides is 1. The highest BCUT2D eigenvalue weighted by Gasteiger charge is 2.21. The molecule has 0 aliphatic heterocycles. The Morgan fingerprint density at radius 1 is 1.00 bits per heavy atom. The van der Waals surface area contributed by atoms with Gasteiger partial charge < -0.3 is 10.1 Å². The van der Waals surface area contributed by atoms with Crippen molar-refractivity contribution in [2.75, 3.05) is 17.7 Å². The molecule has 0 aliphatic rings. The SMILES string of the molecule is CC[C@@H](NC(=O)c1ccc(N(Cc2c(Cl)cccc2Cl)S(C)(=O)=O)cc1)c1ccc(OC)cc1. The van der Waals surface area contributed by atoms with Gasteiger partial charge in [0, 0.05) is 21.2 Å². The summed E-state index contributed by atoms with van der Waals surface area (Å²) in [5.74, 6) is 0.489. The van der Waals surface area contributed by atoms with E-state index in [0.29, 0.717) is 33.3 Å². The van der Waals surface area contributed by atoms with Crippen molar-refractivity contribution in [2.24, 2.45) is 0 Å². The van der Waals surface area contributed by atoms with Crippen LogP contribution in [0.1, 0.15) is 40.9 Å². The Balaban J connectivity index is 1.80. The van der Waals surface area contributed by atoms with Crippen LogP contribution in [-0.2, 0) is 16.6 Å². The Bertz CT molecular complexity index is 1230. The molecule has 0 unspecified atom stereocenters. The first kappa shape index (κ1) is 25.9. The van der Waals surface area contributed by atoms with Gasteiger partial charge >= 0.3 is 0 Å². The van der Waals surface area contributed by atoms with Crippen LogP contribution >= 0.6 is 23.2 Å². The number of benzene rings is 3. The highest BCUT2D eigenvalue weighted by atomic mass is 35.5. The maximum atomic E-state index is 12.9. The van der Waals surface area contributed by atoms with Crippen LogP contribution in [0.15, 0.2) is 66.7 Å². The molecule has 9 heteroatoms. The summed E-state index contributed by atoms with van der Waals surface area (Å²) in [5, 5.41) is 3.78. The van der Waals surface area contributed by atoms with E-state index in [1.165, 1.54) is 4.31 Å². The highest BCUT2D eigenvalue weighted by molar-refractivity contribution is 7.92. The lowest BCUT2D eigenvalue weighted by Gasteiger charge is -2.24. The second-order valence-electron chi connectivity index (χ2n) is 7.72. The second kappa shape index (κ2) is 11.1. The van der Waals surface area contributed by atoms with Gasteiger partial charge in [0.2, 0.25) is 10.0 Å². The molecule has 0 spiro atoms. The molecule has 180 valence electrons. The van der Waals surface area contributed by atoms with Gasteiger partial charge in [0.1, 0.15) is 5.75 Å². The molecule has 0 aromatic heterocycles. The molecule has 1 amide bonds. The average Bonchev–Trinajstić information content (AvgIpc) is 2.81. The molecule has 3 aromatic rings. The largest absolute Gasteiger partial charge is 0.497 e. The fraction of sp³-hybridized carbons (Fsp3) is 0.240. The van der Waals surface area contributed by atoms with Crippen molar-refractivity contribution in [1.82, 2.24) is 5.32 Å². The van der Waals surface area contributed by atoms with E-state index >= 15 is 0 Å². The third-order valence-electron chi connectivity index (χ3n) is 5.41. The van der Waals surface area contributed by atoms with Crippen LogP contribution in [0.4, 0.5) is 5.69 Å². The van der Waals surface area contributed by atoms with Crippen molar-refractivity contribution in [2.45, 2.75) is 25.9 Å². The number of halogens is 2. The minimum Gasteiger partial charge on any atom is -0.497 e. The Hall–Kier alpha value is -2.74. The van der Waals surface area contributed by atoms with Gasteiger partial charge in [-0.25, -0.2) is 8.42 Å². The van der Waals surface area contributed by atoms with Crippen molar-refractivity contribution >= 4 is 44.8 Å². The summed E-state index contributed by atoms with van der Waals surface area (Å²) in [5.41, 5.74) is 2.29.